The average Bonchev–Trinajstić information content (AvgIpc) is 2.17. The van der Waals surface area contributed by atoms with Gasteiger partial charge in [0.2, 0.25) is 0 Å². The molecule has 94 valence electrons. The van der Waals surface area contributed by atoms with Crippen molar-refractivity contribution >= 4 is 5.97 Å². The maximum absolute atomic E-state index is 11.2. The molecule has 0 heterocycles. The van der Waals surface area contributed by atoms with Crippen molar-refractivity contribution in [2.24, 2.45) is 11.3 Å². The molecule has 0 aromatic carbocycles. The highest BCUT2D eigenvalue weighted by Crippen LogP contribution is 2.43. The van der Waals surface area contributed by atoms with E-state index in [2.05, 4.69) is 13.8 Å². The van der Waals surface area contributed by atoms with Crippen LogP contribution in [-0.2, 0) is 4.79 Å². The van der Waals surface area contributed by atoms with Crippen LogP contribution >= 0.6 is 0 Å². The summed E-state index contributed by atoms with van der Waals surface area (Å²) in [4.78, 5) is 11.2. The summed E-state index contributed by atoms with van der Waals surface area (Å²) < 4.78 is 0. The molecular formula is C13H24O3. The van der Waals surface area contributed by atoms with Crippen LogP contribution in [0, 0.1) is 11.3 Å². The Labute approximate surface area is 97.9 Å². The first-order valence-electron chi connectivity index (χ1n) is 6.27. The van der Waals surface area contributed by atoms with Crippen LogP contribution in [0.15, 0.2) is 0 Å². The lowest BCUT2D eigenvalue weighted by atomic mass is 9.67. The molecule has 0 aromatic rings. The van der Waals surface area contributed by atoms with Crippen molar-refractivity contribution in [3.05, 3.63) is 0 Å². The van der Waals surface area contributed by atoms with Gasteiger partial charge in [-0.1, -0.05) is 27.2 Å². The quantitative estimate of drug-likeness (QED) is 0.778. The second kappa shape index (κ2) is 4.74. The van der Waals surface area contributed by atoms with Crippen LogP contribution in [0.5, 0.6) is 0 Å². The standard InChI is InChI=1S/C13H24O3/c1-4-7-13(16,11(14)15)10-5-8-12(2,3)9-6-10/h10,16H,4-9H2,1-3H3,(H,14,15). The Kier molecular flexibility index (Phi) is 4.00. The van der Waals surface area contributed by atoms with Crippen LogP contribution in [0.1, 0.15) is 59.3 Å². The van der Waals surface area contributed by atoms with E-state index >= 15 is 0 Å². The fourth-order valence-corrected chi connectivity index (χ4v) is 2.74. The van der Waals surface area contributed by atoms with E-state index in [1.54, 1.807) is 0 Å². The number of carboxylic acid groups (broad SMARTS) is 1. The molecule has 0 saturated heterocycles. The zero-order chi connectivity index (χ0) is 12.4. The Bertz CT molecular complexity index is 250. The van der Waals surface area contributed by atoms with Crippen molar-refractivity contribution < 1.29 is 15.0 Å². The summed E-state index contributed by atoms with van der Waals surface area (Å²) >= 11 is 0. The maximum Gasteiger partial charge on any atom is 0.335 e. The van der Waals surface area contributed by atoms with Gasteiger partial charge in [-0.3, -0.25) is 0 Å². The molecule has 0 radical (unpaired) electrons. The molecule has 0 aromatic heterocycles. The lowest BCUT2D eigenvalue weighted by molar-refractivity contribution is -0.168. The number of aliphatic hydroxyl groups is 1. The summed E-state index contributed by atoms with van der Waals surface area (Å²) in [6, 6.07) is 0. The molecule has 2 N–H and O–H groups in total. The fraction of sp³-hybridized carbons (Fsp3) is 0.923. The fourth-order valence-electron chi connectivity index (χ4n) is 2.74. The highest BCUT2D eigenvalue weighted by molar-refractivity contribution is 5.77. The predicted molar refractivity (Wildman–Crippen MR) is 63.2 cm³/mol. The number of aliphatic carboxylic acids is 1. The Hall–Kier alpha value is -0.570. The Morgan fingerprint density at radius 2 is 1.88 bits per heavy atom. The lowest BCUT2D eigenvalue weighted by Crippen LogP contribution is -2.47. The number of hydrogen-bond acceptors (Lipinski definition) is 2. The predicted octanol–water partition coefficient (Wildman–Crippen LogP) is 2.82. The van der Waals surface area contributed by atoms with Gasteiger partial charge in [-0.25, -0.2) is 4.79 Å². The van der Waals surface area contributed by atoms with E-state index in [4.69, 9.17) is 0 Å². The van der Waals surface area contributed by atoms with Gasteiger partial charge in [0.05, 0.1) is 0 Å². The third-order valence-electron chi connectivity index (χ3n) is 4.02. The number of hydrogen-bond donors (Lipinski definition) is 2. The molecule has 3 heteroatoms. The van der Waals surface area contributed by atoms with E-state index in [9.17, 15) is 15.0 Å². The summed E-state index contributed by atoms with van der Waals surface area (Å²) in [5.41, 5.74) is -1.19. The van der Waals surface area contributed by atoms with Gasteiger partial charge in [0.15, 0.2) is 5.60 Å². The maximum atomic E-state index is 11.2. The van der Waals surface area contributed by atoms with Crippen molar-refractivity contribution in [3.63, 3.8) is 0 Å². The highest BCUT2D eigenvalue weighted by atomic mass is 16.4. The number of rotatable bonds is 4. The van der Waals surface area contributed by atoms with Crippen LogP contribution < -0.4 is 0 Å². The summed E-state index contributed by atoms with van der Waals surface area (Å²) in [7, 11) is 0. The zero-order valence-corrected chi connectivity index (χ0v) is 10.6. The summed E-state index contributed by atoms with van der Waals surface area (Å²) in [6.45, 7) is 6.34. The normalized spacial score (nSPS) is 25.0. The van der Waals surface area contributed by atoms with Gasteiger partial charge in [-0.05, 0) is 43.4 Å². The monoisotopic (exact) mass is 228 g/mol. The SMILES string of the molecule is CCCC(O)(C(=O)O)C1CCC(C)(C)CC1. The topological polar surface area (TPSA) is 57.5 Å². The minimum absolute atomic E-state index is 0.0713. The van der Waals surface area contributed by atoms with Crippen LogP contribution in [0.3, 0.4) is 0 Å². The van der Waals surface area contributed by atoms with Crippen molar-refractivity contribution in [2.75, 3.05) is 0 Å². The molecule has 1 atom stereocenters. The van der Waals surface area contributed by atoms with Gasteiger partial charge in [0.25, 0.3) is 0 Å². The van der Waals surface area contributed by atoms with Crippen molar-refractivity contribution in [1.29, 1.82) is 0 Å². The van der Waals surface area contributed by atoms with Gasteiger partial charge in [-0.15, -0.1) is 0 Å². The Morgan fingerprint density at radius 1 is 1.38 bits per heavy atom. The molecule has 0 spiro atoms. The first kappa shape index (κ1) is 13.5. The van der Waals surface area contributed by atoms with Crippen LogP contribution in [-0.4, -0.2) is 21.8 Å². The molecule has 1 unspecified atom stereocenters. The van der Waals surface area contributed by atoms with Crippen LogP contribution in [0.25, 0.3) is 0 Å². The van der Waals surface area contributed by atoms with Gasteiger partial charge >= 0.3 is 5.97 Å². The van der Waals surface area contributed by atoms with Gasteiger partial charge in [0, 0.05) is 0 Å². The summed E-state index contributed by atoms with van der Waals surface area (Å²) in [5, 5.41) is 19.5. The third kappa shape index (κ3) is 2.76. The van der Waals surface area contributed by atoms with Gasteiger partial charge in [-0.2, -0.15) is 0 Å². The second-order valence-corrected chi connectivity index (χ2v) is 5.92. The van der Waals surface area contributed by atoms with Gasteiger partial charge < -0.3 is 10.2 Å². The first-order chi connectivity index (χ1) is 7.32. The van der Waals surface area contributed by atoms with Gasteiger partial charge in [0.1, 0.15) is 0 Å². The van der Waals surface area contributed by atoms with Crippen molar-refractivity contribution in [3.8, 4) is 0 Å². The average molecular weight is 228 g/mol. The molecule has 1 fully saturated rings. The third-order valence-corrected chi connectivity index (χ3v) is 4.02. The molecule has 0 bridgehead atoms. The Balaban J connectivity index is 2.71. The van der Waals surface area contributed by atoms with E-state index in [1.165, 1.54) is 0 Å². The van der Waals surface area contributed by atoms with Crippen molar-refractivity contribution in [2.45, 2.75) is 64.9 Å². The number of carboxylic acids is 1. The lowest BCUT2D eigenvalue weighted by Gasteiger charge is -2.40. The molecule has 0 aliphatic heterocycles. The minimum Gasteiger partial charge on any atom is -0.479 e. The molecule has 3 nitrogen and oxygen atoms in total. The molecule has 16 heavy (non-hydrogen) atoms. The molecular weight excluding hydrogens is 204 g/mol. The molecule has 1 saturated carbocycles. The van der Waals surface area contributed by atoms with Crippen LogP contribution in [0.2, 0.25) is 0 Å². The molecule has 1 aliphatic carbocycles. The smallest absolute Gasteiger partial charge is 0.335 e. The largest absolute Gasteiger partial charge is 0.479 e. The Morgan fingerprint density at radius 3 is 2.25 bits per heavy atom. The van der Waals surface area contributed by atoms with E-state index in [-0.39, 0.29) is 5.92 Å². The van der Waals surface area contributed by atoms with Crippen molar-refractivity contribution in [1.82, 2.24) is 0 Å². The van der Waals surface area contributed by atoms with Crippen LogP contribution in [0.4, 0.5) is 0 Å². The first-order valence-corrected chi connectivity index (χ1v) is 6.27. The second-order valence-electron chi connectivity index (χ2n) is 5.92. The summed E-state index contributed by atoms with van der Waals surface area (Å²) in [6.07, 6.45) is 4.76. The molecule has 0 amide bonds. The highest BCUT2D eigenvalue weighted by Gasteiger charge is 2.45. The van der Waals surface area contributed by atoms with E-state index in [0.29, 0.717) is 18.3 Å². The van der Waals surface area contributed by atoms with E-state index in [0.717, 1.165) is 25.7 Å². The number of carbonyl (C=O) groups is 1. The molecule has 1 rings (SSSR count). The minimum atomic E-state index is -1.49. The zero-order valence-electron chi connectivity index (χ0n) is 10.6. The van der Waals surface area contributed by atoms with E-state index in [1.807, 2.05) is 6.92 Å². The van der Waals surface area contributed by atoms with E-state index < -0.39 is 11.6 Å². The summed E-state index contributed by atoms with van der Waals surface area (Å²) in [5.74, 6) is -1.11. The molecule has 1 aliphatic rings.